The molecule has 8 nitrogen and oxygen atoms in total. The summed E-state index contributed by atoms with van der Waals surface area (Å²) in [5, 5.41) is 1.11. The van der Waals surface area contributed by atoms with Crippen LogP contribution in [0.1, 0.15) is 5.56 Å². The van der Waals surface area contributed by atoms with Crippen molar-refractivity contribution in [1.82, 2.24) is 15.0 Å². The van der Waals surface area contributed by atoms with Crippen molar-refractivity contribution in [3.8, 4) is 5.75 Å². The van der Waals surface area contributed by atoms with Crippen molar-refractivity contribution < 1.29 is 13.2 Å². The number of sulfonamides is 1. The van der Waals surface area contributed by atoms with Gasteiger partial charge in [0.05, 0.1) is 25.1 Å². The molecule has 0 aliphatic carbocycles. The van der Waals surface area contributed by atoms with E-state index in [-0.39, 0.29) is 28.1 Å². The fraction of sp³-hybridized carbons (Fsp3) is 0.0909. The Labute approximate surface area is 190 Å². The van der Waals surface area contributed by atoms with Crippen LogP contribution in [0.4, 0.5) is 11.5 Å². The van der Waals surface area contributed by atoms with Crippen LogP contribution in [-0.4, -0.2) is 30.5 Å². The molecule has 2 aromatic carbocycles. The first-order valence-corrected chi connectivity index (χ1v) is 11.1. The Kier molecular flexibility index (Phi) is 5.90. The molecule has 0 unspecified atom stereocenters. The van der Waals surface area contributed by atoms with Crippen LogP contribution in [0, 0.1) is 6.57 Å². The van der Waals surface area contributed by atoms with E-state index in [1.807, 2.05) is 0 Å². The van der Waals surface area contributed by atoms with Crippen LogP contribution in [0.2, 0.25) is 5.15 Å². The van der Waals surface area contributed by atoms with E-state index in [4.69, 9.17) is 22.9 Å². The molecule has 0 radical (unpaired) electrons. The van der Waals surface area contributed by atoms with Crippen molar-refractivity contribution in [3.63, 3.8) is 0 Å². The molecule has 0 N–H and O–H groups in total. The number of ether oxygens (including phenoxy) is 1. The van der Waals surface area contributed by atoms with Crippen LogP contribution >= 0.6 is 11.6 Å². The third-order valence-electron chi connectivity index (χ3n) is 4.80. The molecule has 4 rings (SSSR count). The molecule has 160 valence electrons. The minimum atomic E-state index is -4.05. The van der Waals surface area contributed by atoms with E-state index >= 15 is 0 Å². The standard InChI is InChI=1S/C22H16ClN5O3S/c1-24-20-12-26-22(23)18-8-7-17(11-19(18)20)32(29,30)28(21-9-10-25-14-27-21)13-15-3-5-16(31-2)6-4-15/h3-12,14H,13H2,2H3. The zero-order valence-corrected chi connectivity index (χ0v) is 18.4. The number of pyridine rings is 1. The molecule has 0 amide bonds. The Morgan fingerprint density at radius 2 is 1.88 bits per heavy atom. The monoisotopic (exact) mass is 465 g/mol. The highest BCUT2D eigenvalue weighted by Crippen LogP contribution is 2.33. The lowest BCUT2D eigenvalue weighted by molar-refractivity contribution is 0.414. The van der Waals surface area contributed by atoms with Gasteiger partial charge in [0.25, 0.3) is 10.0 Å². The maximum Gasteiger partial charge on any atom is 0.265 e. The molecule has 0 aliphatic heterocycles. The molecule has 0 saturated carbocycles. The first kappa shape index (κ1) is 21.5. The summed E-state index contributed by atoms with van der Waals surface area (Å²) in [6, 6.07) is 13.0. The van der Waals surface area contributed by atoms with Crippen molar-refractivity contribution in [2.75, 3.05) is 11.4 Å². The molecule has 10 heteroatoms. The molecular weight excluding hydrogens is 450 g/mol. The summed E-state index contributed by atoms with van der Waals surface area (Å²) in [7, 11) is -2.49. The largest absolute Gasteiger partial charge is 0.497 e. The van der Waals surface area contributed by atoms with Gasteiger partial charge >= 0.3 is 0 Å². The third kappa shape index (κ3) is 4.06. The summed E-state index contributed by atoms with van der Waals surface area (Å²) >= 11 is 6.14. The average molecular weight is 466 g/mol. The highest BCUT2D eigenvalue weighted by Gasteiger charge is 2.27. The Morgan fingerprint density at radius 1 is 1.09 bits per heavy atom. The van der Waals surface area contributed by atoms with E-state index < -0.39 is 10.0 Å². The van der Waals surface area contributed by atoms with Crippen LogP contribution in [0.15, 0.2) is 72.1 Å². The second kappa shape index (κ2) is 8.78. The predicted octanol–water partition coefficient (Wildman–Crippen LogP) is 4.63. The summed E-state index contributed by atoms with van der Waals surface area (Å²) in [5.41, 5.74) is 0.952. The van der Waals surface area contributed by atoms with Crippen LogP contribution < -0.4 is 9.04 Å². The van der Waals surface area contributed by atoms with E-state index in [0.717, 1.165) is 5.56 Å². The lowest BCUT2D eigenvalue weighted by Crippen LogP contribution is -2.31. The van der Waals surface area contributed by atoms with E-state index in [9.17, 15) is 8.42 Å². The number of methoxy groups -OCH3 is 1. The molecule has 0 bridgehead atoms. The van der Waals surface area contributed by atoms with Gasteiger partial charge in [0.1, 0.15) is 23.0 Å². The molecule has 0 atom stereocenters. The minimum Gasteiger partial charge on any atom is -0.497 e. The zero-order valence-electron chi connectivity index (χ0n) is 16.8. The maximum absolute atomic E-state index is 13.7. The van der Waals surface area contributed by atoms with Crippen LogP contribution in [0.5, 0.6) is 5.75 Å². The van der Waals surface area contributed by atoms with Gasteiger partial charge in [-0.05, 0) is 35.2 Å². The predicted molar refractivity (Wildman–Crippen MR) is 121 cm³/mol. The maximum atomic E-state index is 13.7. The van der Waals surface area contributed by atoms with Crippen molar-refractivity contribution >= 4 is 43.9 Å². The van der Waals surface area contributed by atoms with E-state index in [1.165, 1.54) is 41.2 Å². The Morgan fingerprint density at radius 3 is 2.53 bits per heavy atom. The van der Waals surface area contributed by atoms with Crippen molar-refractivity contribution in [2.45, 2.75) is 11.4 Å². The van der Waals surface area contributed by atoms with E-state index in [0.29, 0.717) is 16.5 Å². The third-order valence-corrected chi connectivity index (χ3v) is 6.85. The second-order valence-corrected chi connectivity index (χ2v) is 8.90. The number of nitrogens with zero attached hydrogens (tertiary/aromatic N) is 5. The summed E-state index contributed by atoms with van der Waals surface area (Å²) in [6.45, 7) is 7.41. The van der Waals surface area contributed by atoms with Crippen molar-refractivity contribution in [2.24, 2.45) is 0 Å². The van der Waals surface area contributed by atoms with E-state index in [1.54, 1.807) is 37.4 Å². The number of benzene rings is 2. The van der Waals surface area contributed by atoms with Crippen LogP contribution in [-0.2, 0) is 16.6 Å². The van der Waals surface area contributed by atoms with Gasteiger partial charge in [-0.1, -0.05) is 29.8 Å². The molecule has 0 fully saturated rings. The smallest absolute Gasteiger partial charge is 0.265 e. The lowest BCUT2D eigenvalue weighted by Gasteiger charge is -2.24. The normalized spacial score (nSPS) is 11.2. The fourth-order valence-corrected chi connectivity index (χ4v) is 4.81. The summed E-state index contributed by atoms with van der Waals surface area (Å²) in [6.07, 6.45) is 4.09. The summed E-state index contributed by atoms with van der Waals surface area (Å²) < 4.78 is 33.8. The fourth-order valence-electron chi connectivity index (χ4n) is 3.17. The number of rotatable bonds is 6. The number of halogens is 1. The number of anilines is 1. The Bertz CT molecular complexity index is 1420. The molecular formula is C22H16ClN5O3S. The van der Waals surface area contributed by atoms with Gasteiger partial charge < -0.3 is 4.74 Å². The molecule has 0 saturated heterocycles. The molecule has 32 heavy (non-hydrogen) atoms. The molecule has 0 spiro atoms. The topological polar surface area (TPSA) is 89.6 Å². The van der Waals surface area contributed by atoms with Gasteiger partial charge in [0, 0.05) is 23.8 Å². The number of hydrogen-bond acceptors (Lipinski definition) is 6. The van der Waals surface area contributed by atoms with Gasteiger partial charge in [0.15, 0.2) is 0 Å². The molecule has 2 aromatic heterocycles. The highest BCUT2D eigenvalue weighted by atomic mass is 35.5. The van der Waals surface area contributed by atoms with Crippen molar-refractivity contribution in [1.29, 1.82) is 0 Å². The number of aromatic nitrogens is 3. The first-order valence-electron chi connectivity index (χ1n) is 9.31. The minimum absolute atomic E-state index is 0.00397. The highest BCUT2D eigenvalue weighted by molar-refractivity contribution is 7.92. The lowest BCUT2D eigenvalue weighted by atomic mass is 10.1. The number of hydrogen-bond donors (Lipinski definition) is 0. The molecule has 0 aliphatic rings. The van der Waals surface area contributed by atoms with Gasteiger partial charge in [-0.15, -0.1) is 0 Å². The summed E-state index contributed by atoms with van der Waals surface area (Å²) in [4.78, 5) is 15.5. The van der Waals surface area contributed by atoms with Crippen LogP contribution in [0.25, 0.3) is 15.6 Å². The zero-order chi connectivity index (χ0) is 22.7. The van der Waals surface area contributed by atoms with Crippen molar-refractivity contribution in [3.05, 3.63) is 89.4 Å². The molecule has 4 aromatic rings. The average Bonchev–Trinajstić information content (AvgIpc) is 2.83. The van der Waals surface area contributed by atoms with Gasteiger partial charge in [-0.3, -0.25) is 4.98 Å². The SMILES string of the molecule is [C-]#[N+]c1cnc(Cl)c2ccc(S(=O)(=O)N(Cc3ccc(OC)cc3)c3ccncn3)cc12. The van der Waals surface area contributed by atoms with Crippen LogP contribution in [0.3, 0.4) is 0 Å². The van der Waals surface area contributed by atoms with Gasteiger partial charge in [-0.2, -0.15) is 0 Å². The van der Waals surface area contributed by atoms with Gasteiger partial charge in [0.2, 0.25) is 5.69 Å². The van der Waals surface area contributed by atoms with E-state index in [2.05, 4.69) is 19.8 Å². The second-order valence-electron chi connectivity index (χ2n) is 6.68. The Balaban J connectivity index is 1.83. The first-order chi connectivity index (χ1) is 15.4. The summed E-state index contributed by atoms with van der Waals surface area (Å²) in [5.74, 6) is 0.881. The quantitative estimate of drug-likeness (QED) is 0.304. The Hall–Kier alpha value is -3.74. The number of fused-ring (bicyclic) bond motifs is 1. The van der Waals surface area contributed by atoms with Gasteiger partial charge in [-0.25, -0.2) is 27.5 Å². The molecule has 2 heterocycles.